The van der Waals surface area contributed by atoms with Crippen LogP contribution in [0.2, 0.25) is 0 Å². The fraction of sp³-hybridized carbons (Fsp3) is 0.258. The average molecular weight is 541 g/mol. The molecule has 0 saturated carbocycles. The van der Waals surface area contributed by atoms with Gasteiger partial charge in [0.25, 0.3) is 5.78 Å². The molecule has 3 aromatic carbocycles. The number of aliphatic hydroxyl groups is 1. The van der Waals surface area contributed by atoms with Crippen molar-refractivity contribution in [3.05, 3.63) is 88.5 Å². The molecule has 0 bridgehead atoms. The van der Waals surface area contributed by atoms with Crippen molar-refractivity contribution in [2.75, 3.05) is 11.5 Å². The van der Waals surface area contributed by atoms with E-state index in [1.54, 1.807) is 12.1 Å². The van der Waals surface area contributed by atoms with E-state index in [1.807, 2.05) is 69.3 Å². The molecule has 1 fully saturated rings. The third-order valence-electron chi connectivity index (χ3n) is 7.00. The van der Waals surface area contributed by atoms with Gasteiger partial charge in [0.15, 0.2) is 5.13 Å². The van der Waals surface area contributed by atoms with Crippen LogP contribution in [0.1, 0.15) is 48.6 Å². The molecule has 2 aliphatic rings. The van der Waals surface area contributed by atoms with Gasteiger partial charge in [-0.1, -0.05) is 36.5 Å². The number of anilines is 1. The molecule has 0 aliphatic carbocycles. The van der Waals surface area contributed by atoms with E-state index in [-0.39, 0.29) is 17.4 Å². The Bertz CT molecular complexity index is 1660. The Kier molecular flexibility index (Phi) is 6.35. The van der Waals surface area contributed by atoms with E-state index in [9.17, 15) is 14.7 Å². The molecule has 1 aromatic heterocycles. The number of fused-ring (bicyclic) bond motifs is 2. The van der Waals surface area contributed by atoms with Crippen molar-refractivity contribution in [1.29, 1.82) is 0 Å². The molecule has 1 saturated heterocycles. The Morgan fingerprint density at radius 2 is 2.00 bits per heavy atom. The standard InChI is InChI=1S/C31H28N2O5S/c1-4-12-37-22-7-5-6-19(16-22)27-26(28(34)20-9-11-24-21(15-20)14-18(3)38-24)29(35)30(36)33(27)31-32-23-10-8-17(2)13-25(23)39-31/h5-11,13,15-16,18,27,34H,4,12,14H2,1-3H3/b28-26+/t18-,27-/m0/s1. The van der Waals surface area contributed by atoms with Gasteiger partial charge in [0.05, 0.1) is 28.4 Å². The summed E-state index contributed by atoms with van der Waals surface area (Å²) in [6, 6.07) is 17.7. The SMILES string of the molecule is CCCOc1cccc([C@H]2/C(=C(\O)c3ccc4c(c3)C[C@H](C)O4)C(=O)C(=O)N2c2nc3ccc(C)cc3s2)c1. The third-order valence-corrected chi connectivity index (χ3v) is 8.02. The topological polar surface area (TPSA) is 89.0 Å². The first-order valence-electron chi connectivity index (χ1n) is 13.0. The Morgan fingerprint density at radius 1 is 1.15 bits per heavy atom. The highest BCUT2D eigenvalue weighted by atomic mass is 32.1. The van der Waals surface area contributed by atoms with E-state index in [0.717, 1.165) is 33.5 Å². The lowest BCUT2D eigenvalue weighted by Crippen LogP contribution is -2.29. The van der Waals surface area contributed by atoms with Gasteiger partial charge in [-0.3, -0.25) is 14.5 Å². The van der Waals surface area contributed by atoms with Gasteiger partial charge in [0.1, 0.15) is 23.4 Å². The minimum absolute atomic E-state index is 0.0231. The summed E-state index contributed by atoms with van der Waals surface area (Å²) in [6.45, 7) is 6.54. The largest absolute Gasteiger partial charge is 0.507 e. The molecule has 198 valence electrons. The van der Waals surface area contributed by atoms with Gasteiger partial charge in [0.2, 0.25) is 0 Å². The molecule has 8 heteroatoms. The van der Waals surface area contributed by atoms with E-state index in [2.05, 4.69) is 0 Å². The zero-order valence-corrected chi connectivity index (χ0v) is 22.7. The summed E-state index contributed by atoms with van der Waals surface area (Å²) >= 11 is 1.35. The number of hydrogen-bond donors (Lipinski definition) is 1. The third kappa shape index (κ3) is 4.44. The van der Waals surface area contributed by atoms with Crippen molar-refractivity contribution < 1.29 is 24.2 Å². The minimum Gasteiger partial charge on any atom is -0.507 e. The Balaban J connectivity index is 1.52. The highest BCUT2D eigenvalue weighted by Crippen LogP contribution is 2.45. The van der Waals surface area contributed by atoms with E-state index < -0.39 is 17.7 Å². The number of thiazole rings is 1. The number of ether oxygens (including phenoxy) is 2. The molecule has 4 aromatic rings. The maximum atomic E-state index is 13.6. The second kappa shape index (κ2) is 9.85. The highest BCUT2D eigenvalue weighted by Gasteiger charge is 2.48. The summed E-state index contributed by atoms with van der Waals surface area (Å²) in [7, 11) is 0. The van der Waals surface area contributed by atoms with Crippen LogP contribution >= 0.6 is 11.3 Å². The zero-order chi connectivity index (χ0) is 27.3. The number of hydrogen-bond acceptors (Lipinski definition) is 7. The summed E-state index contributed by atoms with van der Waals surface area (Å²) in [5, 5.41) is 12.0. The lowest BCUT2D eigenvalue weighted by atomic mass is 9.94. The first-order chi connectivity index (χ1) is 18.8. The van der Waals surface area contributed by atoms with Crippen LogP contribution in [0.3, 0.4) is 0 Å². The number of aryl methyl sites for hydroxylation is 1. The van der Waals surface area contributed by atoms with Crippen molar-refractivity contribution in [1.82, 2.24) is 4.98 Å². The van der Waals surface area contributed by atoms with E-state index in [0.29, 0.717) is 35.0 Å². The number of carbonyl (C=O) groups excluding carboxylic acids is 2. The van der Waals surface area contributed by atoms with Gasteiger partial charge in [-0.2, -0.15) is 0 Å². The van der Waals surface area contributed by atoms with Gasteiger partial charge in [-0.25, -0.2) is 4.98 Å². The van der Waals surface area contributed by atoms with Crippen molar-refractivity contribution >= 4 is 44.1 Å². The second-order valence-electron chi connectivity index (χ2n) is 10.0. The minimum atomic E-state index is -0.875. The van der Waals surface area contributed by atoms with Crippen LogP contribution in [0.5, 0.6) is 11.5 Å². The maximum Gasteiger partial charge on any atom is 0.301 e. The molecule has 39 heavy (non-hydrogen) atoms. The molecule has 3 heterocycles. The maximum absolute atomic E-state index is 13.6. The Morgan fingerprint density at radius 3 is 2.82 bits per heavy atom. The normalized spacial score (nSPS) is 19.9. The van der Waals surface area contributed by atoms with Crippen LogP contribution in [0, 0.1) is 6.92 Å². The smallest absolute Gasteiger partial charge is 0.301 e. The molecule has 7 nitrogen and oxygen atoms in total. The van der Waals surface area contributed by atoms with Crippen LogP contribution in [0.25, 0.3) is 16.0 Å². The lowest BCUT2D eigenvalue weighted by molar-refractivity contribution is -0.132. The van der Waals surface area contributed by atoms with Crippen LogP contribution in [0.15, 0.2) is 66.2 Å². The molecule has 2 atom stereocenters. The van der Waals surface area contributed by atoms with Gasteiger partial charge in [-0.05, 0) is 79.4 Å². The van der Waals surface area contributed by atoms with E-state index >= 15 is 0 Å². The summed E-state index contributed by atoms with van der Waals surface area (Å²) in [6.07, 6.45) is 1.58. The molecule has 1 amide bonds. The number of aliphatic hydroxyl groups excluding tert-OH is 1. The van der Waals surface area contributed by atoms with Gasteiger partial charge >= 0.3 is 5.91 Å². The molecular weight excluding hydrogens is 512 g/mol. The summed E-state index contributed by atoms with van der Waals surface area (Å²) in [4.78, 5) is 33.3. The summed E-state index contributed by atoms with van der Waals surface area (Å²) in [5.74, 6) is -0.307. The molecule has 0 spiro atoms. The van der Waals surface area contributed by atoms with Crippen LogP contribution in [-0.2, 0) is 16.0 Å². The second-order valence-corrected chi connectivity index (χ2v) is 11.0. The zero-order valence-electron chi connectivity index (χ0n) is 21.9. The van der Waals surface area contributed by atoms with Crippen LogP contribution < -0.4 is 14.4 Å². The van der Waals surface area contributed by atoms with Crippen molar-refractivity contribution in [3.8, 4) is 11.5 Å². The number of nitrogens with zero attached hydrogens (tertiary/aromatic N) is 2. The Labute approximate surface area is 230 Å². The number of amides is 1. The lowest BCUT2D eigenvalue weighted by Gasteiger charge is -2.23. The van der Waals surface area contributed by atoms with Crippen molar-refractivity contribution in [2.24, 2.45) is 0 Å². The number of Topliss-reactive ketones (excluding diaryl/α,β-unsaturated/α-hetero) is 1. The van der Waals surface area contributed by atoms with Gasteiger partial charge in [-0.15, -0.1) is 0 Å². The predicted octanol–water partition coefficient (Wildman–Crippen LogP) is 6.34. The summed E-state index contributed by atoms with van der Waals surface area (Å²) < 4.78 is 12.6. The number of benzene rings is 3. The number of rotatable bonds is 6. The van der Waals surface area contributed by atoms with Crippen molar-refractivity contribution in [3.63, 3.8) is 0 Å². The monoisotopic (exact) mass is 540 g/mol. The van der Waals surface area contributed by atoms with E-state index in [4.69, 9.17) is 14.5 Å². The first kappa shape index (κ1) is 25.1. The number of ketones is 1. The molecule has 6 rings (SSSR count). The van der Waals surface area contributed by atoms with Gasteiger partial charge in [0, 0.05) is 12.0 Å². The van der Waals surface area contributed by atoms with Crippen LogP contribution in [0.4, 0.5) is 5.13 Å². The highest BCUT2D eigenvalue weighted by molar-refractivity contribution is 7.22. The van der Waals surface area contributed by atoms with Crippen LogP contribution in [-0.4, -0.2) is 34.5 Å². The molecule has 1 N–H and O–H groups in total. The Hall–Kier alpha value is -4.17. The van der Waals surface area contributed by atoms with Crippen molar-refractivity contribution in [2.45, 2.75) is 45.8 Å². The average Bonchev–Trinajstić information content (AvgIpc) is 3.59. The molecular formula is C31H28N2O5S. The van der Waals surface area contributed by atoms with E-state index in [1.165, 1.54) is 16.2 Å². The molecule has 0 unspecified atom stereocenters. The van der Waals surface area contributed by atoms with Gasteiger partial charge < -0.3 is 14.6 Å². The molecule has 0 radical (unpaired) electrons. The first-order valence-corrected chi connectivity index (χ1v) is 13.9. The fourth-order valence-electron chi connectivity index (χ4n) is 5.19. The summed E-state index contributed by atoms with van der Waals surface area (Å²) in [5.41, 5.74) is 3.91. The number of carbonyl (C=O) groups is 2. The molecule has 2 aliphatic heterocycles. The number of aromatic nitrogens is 1. The quantitative estimate of drug-likeness (QED) is 0.174. The predicted molar refractivity (Wildman–Crippen MR) is 152 cm³/mol. The fourth-order valence-corrected chi connectivity index (χ4v) is 6.28.